The van der Waals surface area contributed by atoms with Crippen LogP contribution in [0.3, 0.4) is 0 Å². The molecule has 0 spiro atoms. The highest BCUT2D eigenvalue weighted by molar-refractivity contribution is 5.58. The van der Waals surface area contributed by atoms with Gasteiger partial charge in [-0.3, -0.25) is 0 Å². The number of hydrogen-bond acceptors (Lipinski definition) is 5. The van der Waals surface area contributed by atoms with Crippen molar-refractivity contribution in [3.63, 3.8) is 0 Å². The van der Waals surface area contributed by atoms with Gasteiger partial charge in [0.05, 0.1) is 6.20 Å². The SMILES string of the molecule is Cc1ccc(-c2nc(N)nc3c(CC4CCCC4)cnn23)o1. The molecule has 114 valence electrons. The van der Waals surface area contributed by atoms with E-state index in [2.05, 4.69) is 15.1 Å². The van der Waals surface area contributed by atoms with E-state index in [1.807, 2.05) is 25.3 Å². The van der Waals surface area contributed by atoms with Crippen molar-refractivity contribution in [3.8, 4) is 11.6 Å². The van der Waals surface area contributed by atoms with Crippen LogP contribution in [0, 0.1) is 12.8 Å². The Morgan fingerprint density at radius 2 is 2.09 bits per heavy atom. The van der Waals surface area contributed by atoms with E-state index in [0.717, 1.165) is 29.3 Å². The minimum atomic E-state index is 0.254. The topological polar surface area (TPSA) is 82.2 Å². The Balaban J connectivity index is 1.80. The number of rotatable bonds is 3. The predicted octanol–water partition coefficient (Wildman–Crippen LogP) is 3.01. The summed E-state index contributed by atoms with van der Waals surface area (Å²) >= 11 is 0. The predicted molar refractivity (Wildman–Crippen MR) is 83.3 cm³/mol. The van der Waals surface area contributed by atoms with Crippen LogP contribution in [0.15, 0.2) is 22.7 Å². The van der Waals surface area contributed by atoms with Crippen molar-refractivity contribution in [2.24, 2.45) is 5.92 Å². The highest BCUT2D eigenvalue weighted by Crippen LogP contribution is 2.30. The van der Waals surface area contributed by atoms with Crippen molar-refractivity contribution in [2.45, 2.75) is 39.0 Å². The zero-order valence-corrected chi connectivity index (χ0v) is 12.6. The van der Waals surface area contributed by atoms with Gasteiger partial charge in [0, 0.05) is 5.56 Å². The number of furan rings is 1. The fourth-order valence-electron chi connectivity index (χ4n) is 3.32. The Morgan fingerprint density at radius 1 is 1.27 bits per heavy atom. The van der Waals surface area contributed by atoms with Crippen molar-refractivity contribution in [2.75, 3.05) is 5.73 Å². The molecule has 0 radical (unpaired) electrons. The summed E-state index contributed by atoms with van der Waals surface area (Å²) in [5.74, 6) is 3.09. The molecule has 1 fully saturated rings. The second kappa shape index (κ2) is 5.12. The van der Waals surface area contributed by atoms with Crippen LogP contribution in [-0.4, -0.2) is 19.6 Å². The Morgan fingerprint density at radius 3 is 2.82 bits per heavy atom. The lowest BCUT2D eigenvalue weighted by Crippen LogP contribution is -2.06. The van der Waals surface area contributed by atoms with Crippen LogP contribution in [0.5, 0.6) is 0 Å². The molecule has 0 bridgehead atoms. The largest absolute Gasteiger partial charge is 0.458 e. The molecule has 0 aliphatic heterocycles. The smallest absolute Gasteiger partial charge is 0.224 e. The minimum absolute atomic E-state index is 0.254. The number of nitrogen functional groups attached to an aromatic ring is 1. The first-order valence-electron chi connectivity index (χ1n) is 7.77. The van der Waals surface area contributed by atoms with Gasteiger partial charge in [0.1, 0.15) is 5.76 Å². The van der Waals surface area contributed by atoms with Gasteiger partial charge in [-0.15, -0.1) is 0 Å². The summed E-state index contributed by atoms with van der Waals surface area (Å²) in [5.41, 5.74) is 7.84. The molecule has 1 aliphatic carbocycles. The van der Waals surface area contributed by atoms with Crippen molar-refractivity contribution in [3.05, 3.63) is 29.7 Å². The molecule has 4 rings (SSSR count). The number of nitrogens with two attached hydrogens (primary N) is 1. The van der Waals surface area contributed by atoms with Gasteiger partial charge in [-0.1, -0.05) is 25.7 Å². The highest BCUT2D eigenvalue weighted by atomic mass is 16.3. The lowest BCUT2D eigenvalue weighted by Gasteiger charge is -2.07. The average Bonchev–Trinajstić information content (AvgIpc) is 3.21. The molecule has 2 N–H and O–H groups in total. The number of aromatic nitrogens is 4. The van der Waals surface area contributed by atoms with Gasteiger partial charge in [0.25, 0.3) is 0 Å². The molecule has 6 heteroatoms. The number of nitrogens with zero attached hydrogens (tertiary/aromatic N) is 4. The summed E-state index contributed by atoms with van der Waals surface area (Å²) in [4.78, 5) is 8.70. The number of anilines is 1. The minimum Gasteiger partial charge on any atom is -0.458 e. The Hall–Kier alpha value is -2.37. The quantitative estimate of drug-likeness (QED) is 0.803. The van der Waals surface area contributed by atoms with Gasteiger partial charge in [-0.05, 0) is 31.4 Å². The molecule has 1 saturated carbocycles. The molecule has 3 aromatic rings. The van der Waals surface area contributed by atoms with Gasteiger partial charge in [0.2, 0.25) is 11.8 Å². The Labute approximate surface area is 128 Å². The van der Waals surface area contributed by atoms with Crippen molar-refractivity contribution in [1.29, 1.82) is 0 Å². The fourth-order valence-corrected chi connectivity index (χ4v) is 3.32. The van der Waals surface area contributed by atoms with E-state index < -0.39 is 0 Å². The molecule has 0 aromatic carbocycles. The Bertz CT molecular complexity index is 813. The second-order valence-corrected chi connectivity index (χ2v) is 6.08. The molecule has 0 saturated heterocycles. The summed E-state index contributed by atoms with van der Waals surface area (Å²) in [6.07, 6.45) is 8.15. The monoisotopic (exact) mass is 297 g/mol. The number of aryl methyl sites for hydroxylation is 1. The summed E-state index contributed by atoms with van der Waals surface area (Å²) in [6.45, 7) is 1.90. The summed E-state index contributed by atoms with van der Waals surface area (Å²) < 4.78 is 7.40. The van der Waals surface area contributed by atoms with E-state index in [-0.39, 0.29) is 5.95 Å². The van der Waals surface area contributed by atoms with E-state index in [1.54, 1.807) is 4.52 Å². The van der Waals surface area contributed by atoms with Gasteiger partial charge in [-0.2, -0.15) is 19.6 Å². The normalized spacial score (nSPS) is 15.9. The maximum absolute atomic E-state index is 5.90. The molecule has 3 aromatic heterocycles. The van der Waals surface area contributed by atoms with Crippen LogP contribution in [0.2, 0.25) is 0 Å². The third-order valence-electron chi connectivity index (χ3n) is 4.40. The van der Waals surface area contributed by atoms with Crippen LogP contribution in [0.25, 0.3) is 17.2 Å². The molecular formula is C16H19N5O. The molecule has 0 unspecified atom stereocenters. The molecule has 0 amide bonds. The van der Waals surface area contributed by atoms with Crippen LogP contribution in [0.4, 0.5) is 5.95 Å². The first-order chi connectivity index (χ1) is 10.7. The maximum atomic E-state index is 5.90. The van der Waals surface area contributed by atoms with E-state index in [9.17, 15) is 0 Å². The van der Waals surface area contributed by atoms with E-state index in [1.165, 1.54) is 25.7 Å². The summed E-state index contributed by atoms with van der Waals surface area (Å²) in [6, 6.07) is 3.79. The van der Waals surface area contributed by atoms with Crippen molar-refractivity contribution in [1.82, 2.24) is 19.6 Å². The first kappa shape index (κ1) is 13.3. The van der Waals surface area contributed by atoms with Crippen molar-refractivity contribution >= 4 is 11.6 Å². The lowest BCUT2D eigenvalue weighted by molar-refractivity contribution is 0.541. The summed E-state index contributed by atoms with van der Waals surface area (Å²) in [7, 11) is 0. The van der Waals surface area contributed by atoms with Crippen LogP contribution in [-0.2, 0) is 6.42 Å². The average molecular weight is 297 g/mol. The number of fused-ring (bicyclic) bond motifs is 1. The molecular weight excluding hydrogens is 278 g/mol. The molecule has 22 heavy (non-hydrogen) atoms. The summed E-state index contributed by atoms with van der Waals surface area (Å²) in [5, 5.41) is 4.46. The second-order valence-electron chi connectivity index (χ2n) is 6.08. The van der Waals surface area contributed by atoms with Crippen LogP contribution >= 0.6 is 0 Å². The third kappa shape index (κ3) is 2.24. The number of hydrogen-bond donors (Lipinski definition) is 1. The van der Waals surface area contributed by atoms with Crippen molar-refractivity contribution < 1.29 is 4.42 Å². The third-order valence-corrected chi connectivity index (χ3v) is 4.40. The van der Waals surface area contributed by atoms with Gasteiger partial charge in [-0.25, -0.2) is 0 Å². The van der Waals surface area contributed by atoms with E-state index in [0.29, 0.717) is 11.6 Å². The van der Waals surface area contributed by atoms with Crippen LogP contribution in [0.1, 0.15) is 37.0 Å². The maximum Gasteiger partial charge on any atom is 0.224 e. The van der Waals surface area contributed by atoms with Gasteiger partial charge >= 0.3 is 0 Å². The molecule has 0 atom stereocenters. The molecule has 6 nitrogen and oxygen atoms in total. The first-order valence-corrected chi connectivity index (χ1v) is 7.77. The zero-order chi connectivity index (χ0) is 15.1. The zero-order valence-electron chi connectivity index (χ0n) is 12.6. The lowest BCUT2D eigenvalue weighted by atomic mass is 10.00. The molecule has 3 heterocycles. The van der Waals surface area contributed by atoms with Gasteiger partial charge < -0.3 is 10.2 Å². The highest BCUT2D eigenvalue weighted by Gasteiger charge is 2.20. The van der Waals surface area contributed by atoms with Crippen LogP contribution < -0.4 is 5.73 Å². The van der Waals surface area contributed by atoms with E-state index >= 15 is 0 Å². The standard InChI is InChI=1S/C16H19N5O/c1-10-6-7-13(22-10)15-20-16(17)19-14-12(9-18-21(14)15)8-11-4-2-3-5-11/h6-7,9,11H,2-5,8H2,1H3,(H2,17,19). The molecule has 1 aliphatic rings. The van der Waals surface area contributed by atoms with Gasteiger partial charge in [0.15, 0.2) is 11.4 Å². The fraction of sp³-hybridized carbons (Fsp3) is 0.438. The van der Waals surface area contributed by atoms with E-state index in [4.69, 9.17) is 10.2 Å². The Kier molecular flexibility index (Phi) is 3.10.